The van der Waals surface area contributed by atoms with Gasteiger partial charge >= 0.3 is 18.2 Å². The number of carbonyl (C=O) groups excluding carboxylic acids is 1. The molecule has 0 unspecified atom stereocenters. The van der Waals surface area contributed by atoms with Gasteiger partial charge in [0.2, 0.25) is 0 Å². The molecule has 3 rings (SSSR count). The lowest BCUT2D eigenvalue weighted by atomic mass is 10.1. The zero-order valence-electron chi connectivity index (χ0n) is 12.7. The van der Waals surface area contributed by atoms with Crippen LogP contribution in [0.25, 0.3) is 10.8 Å². The molecule has 0 spiro atoms. The van der Waals surface area contributed by atoms with Crippen molar-refractivity contribution in [2.45, 2.75) is 4.45 Å². The van der Waals surface area contributed by atoms with Crippen LogP contribution in [0.3, 0.4) is 0 Å². The second-order valence-electron chi connectivity index (χ2n) is 5.31. The van der Waals surface area contributed by atoms with E-state index in [0.717, 1.165) is 10.8 Å². The molecule has 1 heterocycles. The predicted octanol–water partition coefficient (Wildman–Crippen LogP) is 3.48. The molecule has 132 valence electrons. The van der Waals surface area contributed by atoms with E-state index in [1.165, 1.54) is 0 Å². The Kier molecular flexibility index (Phi) is 4.79. The van der Waals surface area contributed by atoms with Crippen molar-refractivity contribution in [1.82, 2.24) is 5.09 Å². The van der Waals surface area contributed by atoms with Gasteiger partial charge in [0.25, 0.3) is 0 Å². The summed E-state index contributed by atoms with van der Waals surface area (Å²) >= 11 is 2.86. The largest absolute Gasteiger partial charge is 0.436 e. The first-order chi connectivity index (χ1) is 11.8. The number of hydrogen-bond acceptors (Lipinski definition) is 6. The molecular formula is C14H13BrN3O6P. The molecule has 1 saturated heterocycles. The highest BCUT2D eigenvalue weighted by Crippen LogP contribution is 2.50. The minimum Gasteiger partial charge on any atom is -0.307 e. The summed E-state index contributed by atoms with van der Waals surface area (Å²) in [5.41, 5.74) is 0.513. The molecule has 25 heavy (non-hydrogen) atoms. The zero-order chi connectivity index (χ0) is 18.1. The molecule has 9 nitrogen and oxygen atoms in total. The number of alkyl halides is 1. The molecule has 1 aliphatic rings. The summed E-state index contributed by atoms with van der Waals surface area (Å²) in [7, 11) is -3.98. The summed E-state index contributed by atoms with van der Waals surface area (Å²) in [5.74, 6) is 0. The maximum absolute atomic E-state index is 12.3. The molecule has 0 saturated carbocycles. The van der Waals surface area contributed by atoms with Gasteiger partial charge in [-0.2, -0.15) is 0 Å². The third kappa shape index (κ3) is 3.82. The number of rotatable bonds is 3. The maximum Gasteiger partial charge on any atom is 0.436 e. The zero-order valence-corrected chi connectivity index (χ0v) is 15.2. The number of carbonyl (C=O) groups is 1. The fourth-order valence-corrected chi connectivity index (χ4v) is 4.08. The van der Waals surface area contributed by atoms with E-state index in [-0.39, 0.29) is 0 Å². The Hall–Kier alpha value is -2.00. The fraction of sp³-hybridized carbons (Fsp3) is 0.214. The number of anilines is 1. The van der Waals surface area contributed by atoms with Gasteiger partial charge in [-0.05, 0) is 11.5 Å². The van der Waals surface area contributed by atoms with Crippen LogP contribution < -0.4 is 10.4 Å². The highest BCUT2D eigenvalue weighted by Gasteiger charge is 2.50. The first kappa shape index (κ1) is 17.8. The van der Waals surface area contributed by atoms with Crippen LogP contribution in [-0.4, -0.2) is 28.6 Å². The number of urea groups is 1. The van der Waals surface area contributed by atoms with Crippen LogP contribution in [0.1, 0.15) is 0 Å². The smallest absolute Gasteiger partial charge is 0.307 e. The van der Waals surface area contributed by atoms with E-state index in [1.807, 2.05) is 30.3 Å². The minimum absolute atomic E-state index is 0.508. The lowest BCUT2D eigenvalue weighted by Gasteiger charge is -2.29. The van der Waals surface area contributed by atoms with Crippen molar-refractivity contribution >= 4 is 46.2 Å². The van der Waals surface area contributed by atoms with Crippen LogP contribution in [-0.2, 0) is 13.6 Å². The number of nitrogens with one attached hydrogen (secondary N) is 2. The number of amides is 2. The number of benzene rings is 2. The SMILES string of the molecule is O=C(Nc1cccc2ccccc12)NP1(=O)OCC(Br)([N+](=O)[O-])CO1. The summed E-state index contributed by atoms with van der Waals surface area (Å²) in [6.45, 7) is -1.02. The van der Waals surface area contributed by atoms with Gasteiger partial charge < -0.3 is 5.32 Å². The van der Waals surface area contributed by atoms with Gasteiger partial charge in [-0.15, -0.1) is 0 Å². The van der Waals surface area contributed by atoms with Crippen molar-refractivity contribution in [1.29, 1.82) is 0 Å². The van der Waals surface area contributed by atoms with E-state index in [1.54, 1.807) is 12.1 Å². The van der Waals surface area contributed by atoms with Gasteiger partial charge in [0.05, 0.1) is 5.69 Å². The average molecular weight is 430 g/mol. The number of halogens is 1. The first-order valence-electron chi connectivity index (χ1n) is 7.11. The van der Waals surface area contributed by atoms with Crippen molar-refractivity contribution in [2.24, 2.45) is 0 Å². The van der Waals surface area contributed by atoms with Crippen LogP contribution in [0.5, 0.6) is 0 Å². The van der Waals surface area contributed by atoms with Crippen molar-refractivity contribution in [2.75, 3.05) is 18.5 Å². The summed E-state index contributed by atoms with van der Waals surface area (Å²) in [6.07, 6.45) is 0. The van der Waals surface area contributed by atoms with Crippen LogP contribution in [0.15, 0.2) is 42.5 Å². The summed E-state index contributed by atoms with van der Waals surface area (Å²) in [4.78, 5) is 22.4. The van der Waals surface area contributed by atoms with Gasteiger partial charge in [0, 0.05) is 26.2 Å². The van der Waals surface area contributed by atoms with Crippen molar-refractivity contribution in [3.8, 4) is 0 Å². The number of nitrogens with zero attached hydrogens (tertiary/aromatic N) is 1. The van der Waals surface area contributed by atoms with Crippen LogP contribution in [0.4, 0.5) is 10.5 Å². The Morgan fingerprint density at radius 3 is 2.52 bits per heavy atom. The highest BCUT2D eigenvalue weighted by atomic mass is 79.9. The molecule has 0 aromatic heterocycles. The summed E-state index contributed by atoms with van der Waals surface area (Å²) in [5, 5.41) is 17.3. The molecule has 1 fully saturated rings. The quantitative estimate of drug-likeness (QED) is 0.253. The molecule has 0 radical (unpaired) electrons. The average Bonchev–Trinajstić information content (AvgIpc) is 2.58. The normalized spacial score (nSPS) is 26.1. The third-order valence-corrected chi connectivity index (χ3v) is 5.68. The van der Waals surface area contributed by atoms with Crippen LogP contribution >= 0.6 is 23.7 Å². The van der Waals surface area contributed by atoms with Crippen molar-refractivity contribution < 1.29 is 23.3 Å². The lowest BCUT2D eigenvalue weighted by molar-refractivity contribution is -0.542. The van der Waals surface area contributed by atoms with E-state index in [0.29, 0.717) is 5.69 Å². The summed E-state index contributed by atoms with van der Waals surface area (Å²) < 4.78 is 20.5. The molecule has 2 N–H and O–H groups in total. The Labute approximate surface area is 150 Å². The third-order valence-electron chi connectivity index (χ3n) is 3.51. The van der Waals surface area contributed by atoms with Gasteiger partial charge in [0.1, 0.15) is 13.2 Å². The lowest BCUT2D eigenvalue weighted by Crippen LogP contribution is -2.45. The molecule has 1 aliphatic heterocycles. The topological polar surface area (TPSA) is 120 Å². The standard InChI is InChI=1S/C14H13BrN3O6P/c15-14(18(20)21)8-23-25(22,24-9-14)17-13(19)16-12-7-3-5-10-4-1-2-6-11(10)12/h1-7H,8-9H2,(H2,16,17,19,22). The Balaban J connectivity index is 1.69. The molecule has 11 heteroatoms. The van der Waals surface area contributed by atoms with Gasteiger partial charge in [0.15, 0.2) is 0 Å². The van der Waals surface area contributed by atoms with E-state index in [4.69, 9.17) is 9.05 Å². The van der Waals surface area contributed by atoms with Crippen LogP contribution in [0.2, 0.25) is 0 Å². The molecule has 2 aromatic carbocycles. The second kappa shape index (κ2) is 6.72. The number of hydrogen-bond donors (Lipinski definition) is 2. The molecular weight excluding hydrogens is 417 g/mol. The van der Waals surface area contributed by atoms with Crippen molar-refractivity contribution in [3.05, 3.63) is 52.6 Å². The molecule has 0 aliphatic carbocycles. The molecule has 2 amide bonds. The number of fused-ring (bicyclic) bond motifs is 1. The van der Waals surface area contributed by atoms with E-state index in [9.17, 15) is 19.5 Å². The van der Waals surface area contributed by atoms with Crippen molar-refractivity contribution in [3.63, 3.8) is 0 Å². The molecule has 0 atom stereocenters. The molecule has 0 bridgehead atoms. The van der Waals surface area contributed by atoms with Gasteiger partial charge in [-0.25, -0.2) is 14.4 Å². The predicted molar refractivity (Wildman–Crippen MR) is 94.3 cm³/mol. The molecule has 2 aromatic rings. The van der Waals surface area contributed by atoms with E-state index < -0.39 is 36.4 Å². The van der Waals surface area contributed by atoms with Gasteiger partial charge in [-0.1, -0.05) is 36.4 Å². The minimum atomic E-state index is -3.98. The van der Waals surface area contributed by atoms with E-state index in [2.05, 4.69) is 26.3 Å². The maximum atomic E-state index is 12.3. The first-order valence-corrected chi connectivity index (χ1v) is 9.44. The Bertz CT molecular complexity index is 875. The summed E-state index contributed by atoms with van der Waals surface area (Å²) in [6, 6.07) is 12.0. The Morgan fingerprint density at radius 2 is 1.84 bits per heavy atom. The van der Waals surface area contributed by atoms with Crippen LogP contribution in [0, 0.1) is 10.1 Å². The highest BCUT2D eigenvalue weighted by molar-refractivity contribution is 9.10. The number of nitro groups is 1. The monoisotopic (exact) mass is 429 g/mol. The second-order valence-corrected chi connectivity index (χ2v) is 8.52. The fourth-order valence-electron chi connectivity index (χ4n) is 2.23. The van der Waals surface area contributed by atoms with Gasteiger partial charge in [-0.3, -0.25) is 19.2 Å². The van der Waals surface area contributed by atoms with E-state index >= 15 is 0 Å². The Morgan fingerprint density at radius 1 is 1.20 bits per heavy atom.